The Labute approximate surface area is 166 Å². The topological polar surface area (TPSA) is 114 Å². The van der Waals surface area contributed by atoms with Gasteiger partial charge in [0.15, 0.2) is 0 Å². The molecule has 4 amide bonds. The predicted molar refractivity (Wildman–Crippen MR) is 103 cm³/mol. The van der Waals surface area contributed by atoms with Crippen molar-refractivity contribution in [3.8, 4) is 0 Å². The average molecular weight is 403 g/mol. The molecule has 1 aromatic carbocycles. The number of hydrogen-bond donors (Lipinski definition) is 2. The minimum atomic E-state index is -0.688. The van der Waals surface area contributed by atoms with Crippen molar-refractivity contribution >= 4 is 34.3 Å². The fourth-order valence-corrected chi connectivity index (χ4v) is 3.54. The second kappa shape index (κ2) is 9.38. The SMILES string of the molecule is COCc1nnc(NC(=O)CCC2NC(=O)N(CCc3ccccc3)C2=O)s1. The molecule has 0 radical (unpaired) electrons. The van der Waals surface area contributed by atoms with Crippen LogP contribution in [0.25, 0.3) is 0 Å². The van der Waals surface area contributed by atoms with Crippen molar-refractivity contribution in [1.82, 2.24) is 20.4 Å². The Morgan fingerprint density at radius 1 is 1.29 bits per heavy atom. The summed E-state index contributed by atoms with van der Waals surface area (Å²) in [6.07, 6.45) is 0.901. The predicted octanol–water partition coefficient (Wildman–Crippen LogP) is 1.57. The van der Waals surface area contributed by atoms with Crippen LogP contribution in [0.5, 0.6) is 0 Å². The number of amides is 4. The van der Waals surface area contributed by atoms with Gasteiger partial charge in [-0.15, -0.1) is 10.2 Å². The summed E-state index contributed by atoms with van der Waals surface area (Å²) in [5.41, 5.74) is 1.05. The number of urea groups is 1. The molecule has 10 heteroatoms. The van der Waals surface area contributed by atoms with E-state index in [9.17, 15) is 14.4 Å². The molecular weight excluding hydrogens is 382 g/mol. The van der Waals surface area contributed by atoms with Gasteiger partial charge in [0.1, 0.15) is 17.7 Å². The summed E-state index contributed by atoms with van der Waals surface area (Å²) in [4.78, 5) is 37.8. The average Bonchev–Trinajstić information content (AvgIpc) is 3.23. The summed E-state index contributed by atoms with van der Waals surface area (Å²) in [5, 5.41) is 14.1. The lowest BCUT2D eigenvalue weighted by Gasteiger charge is -2.12. The zero-order valence-corrected chi connectivity index (χ0v) is 16.2. The Hall–Kier alpha value is -2.85. The second-order valence-corrected chi connectivity index (χ2v) is 7.31. The van der Waals surface area contributed by atoms with E-state index in [0.717, 1.165) is 5.56 Å². The van der Waals surface area contributed by atoms with Gasteiger partial charge in [-0.1, -0.05) is 41.7 Å². The van der Waals surface area contributed by atoms with Crippen LogP contribution in [0.15, 0.2) is 30.3 Å². The van der Waals surface area contributed by atoms with E-state index >= 15 is 0 Å². The number of hydrogen-bond acceptors (Lipinski definition) is 7. The maximum atomic E-state index is 12.5. The van der Waals surface area contributed by atoms with Gasteiger partial charge in [-0.3, -0.25) is 14.5 Å². The lowest BCUT2D eigenvalue weighted by Crippen LogP contribution is -2.33. The van der Waals surface area contributed by atoms with Crippen LogP contribution in [0.3, 0.4) is 0 Å². The Morgan fingerprint density at radius 3 is 2.82 bits per heavy atom. The van der Waals surface area contributed by atoms with E-state index in [1.807, 2.05) is 30.3 Å². The maximum Gasteiger partial charge on any atom is 0.324 e. The fraction of sp³-hybridized carbons (Fsp3) is 0.389. The number of aromatic nitrogens is 2. The first kappa shape index (κ1) is 19.9. The molecular formula is C18H21N5O4S. The Kier molecular flexibility index (Phi) is 6.66. The van der Waals surface area contributed by atoms with Crippen molar-refractivity contribution in [2.24, 2.45) is 0 Å². The van der Waals surface area contributed by atoms with Gasteiger partial charge >= 0.3 is 6.03 Å². The Balaban J connectivity index is 1.45. The number of nitrogens with zero attached hydrogens (tertiary/aromatic N) is 3. The second-order valence-electron chi connectivity index (χ2n) is 6.25. The first-order valence-electron chi connectivity index (χ1n) is 8.84. The number of anilines is 1. The van der Waals surface area contributed by atoms with Crippen molar-refractivity contribution in [2.75, 3.05) is 19.0 Å². The first-order valence-corrected chi connectivity index (χ1v) is 9.65. The van der Waals surface area contributed by atoms with Gasteiger partial charge < -0.3 is 15.4 Å². The molecule has 28 heavy (non-hydrogen) atoms. The quantitative estimate of drug-likeness (QED) is 0.615. The van der Waals surface area contributed by atoms with Gasteiger partial charge in [0, 0.05) is 20.1 Å². The van der Waals surface area contributed by atoms with Crippen LogP contribution in [0.2, 0.25) is 0 Å². The minimum Gasteiger partial charge on any atom is -0.377 e. The maximum absolute atomic E-state index is 12.5. The van der Waals surface area contributed by atoms with Gasteiger partial charge in [0.25, 0.3) is 5.91 Å². The van der Waals surface area contributed by atoms with E-state index in [0.29, 0.717) is 29.7 Å². The van der Waals surface area contributed by atoms with E-state index in [1.165, 1.54) is 16.2 Å². The molecule has 0 saturated carbocycles. The molecule has 0 spiro atoms. The highest BCUT2D eigenvalue weighted by Crippen LogP contribution is 2.17. The molecule has 2 aromatic rings. The molecule has 9 nitrogen and oxygen atoms in total. The molecule has 1 atom stereocenters. The highest BCUT2D eigenvalue weighted by atomic mass is 32.1. The summed E-state index contributed by atoms with van der Waals surface area (Å²) >= 11 is 1.23. The number of carbonyl (C=O) groups excluding carboxylic acids is 3. The molecule has 1 fully saturated rings. The van der Waals surface area contributed by atoms with Crippen molar-refractivity contribution in [2.45, 2.75) is 31.9 Å². The van der Waals surface area contributed by atoms with Crippen LogP contribution in [0.1, 0.15) is 23.4 Å². The number of rotatable bonds is 9. The monoisotopic (exact) mass is 403 g/mol. The van der Waals surface area contributed by atoms with Crippen LogP contribution in [0.4, 0.5) is 9.93 Å². The van der Waals surface area contributed by atoms with Gasteiger partial charge in [-0.2, -0.15) is 0 Å². The minimum absolute atomic E-state index is 0.0857. The van der Waals surface area contributed by atoms with E-state index in [2.05, 4.69) is 20.8 Å². The van der Waals surface area contributed by atoms with Crippen molar-refractivity contribution in [3.05, 3.63) is 40.9 Å². The van der Waals surface area contributed by atoms with Crippen LogP contribution in [-0.2, 0) is 27.4 Å². The zero-order valence-electron chi connectivity index (χ0n) is 15.4. The third kappa shape index (κ3) is 5.11. The molecule has 3 rings (SSSR count). The normalized spacial score (nSPS) is 16.3. The molecule has 2 N–H and O–H groups in total. The van der Waals surface area contributed by atoms with Gasteiger partial charge in [0.2, 0.25) is 11.0 Å². The molecule has 148 valence electrons. The van der Waals surface area contributed by atoms with Crippen LogP contribution >= 0.6 is 11.3 Å². The van der Waals surface area contributed by atoms with Crippen molar-refractivity contribution < 1.29 is 19.1 Å². The van der Waals surface area contributed by atoms with Crippen molar-refractivity contribution in [3.63, 3.8) is 0 Å². The number of ether oxygens (including phenoxy) is 1. The standard InChI is InChI=1S/C18H21N5O4S/c1-27-11-15-21-22-17(28-15)20-14(24)8-7-13-16(25)23(18(26)19-13)10-9-12-5-3-2-4-6-12/h2-6,13H,7-11H2,1H3,(H,19,26)(H,20,22,24). The molecule has 2 heterocycles. The molecule has 1 unspecified atom stereocenters. The lowest BCUT2D eigenvalue weighted by atomic mass is 10.1. The number of nitrogens with one attached hydrogen (secondary N) is 2. The summed E-state index contributed by atoms with van der Waals surface area (Å²) in [6.45, 7) is 0.638. The summed E-state index contributed by atoms with van der Waals surface area (Å²) in [5.74, 6) is -0.586. The van der Waals surface area contributed by atoms with Gasteiger partial charge in [-0.05, 0) is 18.4 Å². The molecule has 0 aliphatic carbocycles. The molecule has 1 aliphatic rings. The third-order valence-electron chi connectivity index (χ3n) is 4.21. The van der Waals surface area contributed by atoms with Crippen LogP contribution in [0, 0.1) is 0 Å². The Bertz CT molecular complexity index is 842. The summed E-state index contributed by atoms with van der Waals surface area (Å²) in [7, 11) is 1.55. The number of carbonyl (C=O) groups is 3. The molecule has 1 aliphatic heterocycles. The van der Waals surface area contributed by atoms with Crippen LogP contribution < -0.4 is 10.6 Å². The molecule has 1 aromatic heterocycles. The van der Waals surface area contributed by atoms with E-state index in [4.69, 9.17) is 4.74 Å². The molecule has 1 saturated heterocycles. The number of methoxy groups -OCH3 is 1. The van der Waals surface area contributed by atoms with E-state index in [1.54, 1.807) is 7.11 Å². The number of imide groups is 1. The highest BCUT2D eigenvalue weighted by Gasteiger charge is 2.37. The van der Waals surface area contributed by atoms with Crippen molar-refractivity contribution in [1.29, 1.82) is 0 Å². The molecule has 0 bridgehead atoms. The zero-order chi connectivity index (χ0) is 19.9. The smallest absolute Gasteiger partial charge is 0.324 e. The summed E-state index contributed by atoms with van der Waals surface area (Å²) in [6, 6.07) is 8.54. The van der Waals surface area contributed by atoms with E-state index in [-0.39, 0.29) is 24.7 Å². The first-order chi connectivity index (χ1) is 13.6. The Morgan fingerprint density at radius 2 is 2.07 bits per heavy atom. The van der Waals surface area contributed by atoms with Crippen LogP contribution in [-0.4, -0.2) is 52.6 Å². The largest absolute Gasteiger partial charge is 0.377 e. The van der Waals surface area contributed by atoms with Gasteiger partial charge in [0.05, 0.1) is 0 Å². The third-order valence-corrected chi connectivity index (χ3v) is 5.03. The van der Waals surface area contributed by atoms with E-state index < -0.39 is 12.1 Å². The summed E-state index contributed by atoms with van der Waals surface area (Å²) < 4.78 is 4.95. The number of benzene rings is 1. The highest BCUT2D eigenvalue weighted by molar-refractivity contribution is 7.15. The fourth-order valence-electron chi connectivity index (χ4n) is 2.81. The van der Waals surface area contributed by atoms with Gasteiger partial charge in [-0.25, -0.2) is 4.79 Å². The lowest BCUT2D eigenvalue weighted by molar-refractivity contribution is -0.127.